The predicted molar refractivity (Wildman–Crippen MR) is 551 cm³/mol. The third-order valence-electron chi connectivity index (χ3n) is 17.9. The highest BCUT2D eigenvalue weighted by Gasteiger charge is 2.15. The van der Waals surface area contributed by atoms with Gasteiger partial charge in [-0.3, -0.25) is 34.3 Å². The van der Waals surface area contributed by atoms with Crippen molar-refractivity contribution in [1.82, 2.24) is 90.2 Å². The first-order chi connectivity index (χ1) is 70.1. The lowest BCUT2D eigenvalue weighted by Gasteiger charge is -2.09. The summed E-state index contributed by atoms with van der Waals surface area (Å²) in [6.45, 7) is 41.7. The van der Waals surface area contributed by atoms with Crippen molar-refractivity contribution < 1.29 is 84.0 Å². The van der Waals surface area contributed by atoms with Crippen LogP contribution in [-0.4, -0.2) is 157 Å². The van der Waals surface area contributed by atoms with Gasteiger partial charge in [-0.15, -0.1) is 21.5 Å². The number of aromatic nitrogens is 18. The Hall–Kier alpha value is -17.2. The van der Waals surface area contributed by atoms with E-state index in [9.17, 15) is 0 Å². The zero-order valence-corrected chi connectivity index (χ0v) is 86.9. The Balaban J connectivity index is 0.000000199. The summed E-state index contributed by atoms with van der Waals surface area (Å²) >= 11 is 1.69. The van der Waals surface area contributed by atoms with E-state index in [1.807, 2.05) is 333 Å². The molecule has 0 fully saturated rings. The number of pyridine rings is 9. The van der Waals surface area contributed by atoms with E-state index in [4.69, 9.17) is 84.0 Å². The maximum absolute atomic E-state index is 8.12. The van der Waals surface area contributed by atoms with Crippen LogP contribution in [0.5, 0.6) is 51.7 Å². The molecule has 0 amide bonds. The molecule has 764 valence electrons. The second-order valence-electron chi connectivity index (χ2n) is 33.7. The normalized spacial score (nSPS) is 10.4. The molecule has 0 unspecified atom stereocenters. The van der Waals surface area contributed by atoms with E-state index in [1.54, 1.807) is 111 Å². The van der Waals surface area contributed by atoms with Crippen LogP contribution in [0, 0.1) is 20.8 Å². The largest absolute Gasteiger partial charge is 0.489 e. The number of hydrogen-bond donors (Lipinski definition) is 1. The van der Waals surface area contributed by atoms with Crippen LogP contribution < -0.4 is 42.6 Å². The minimum absolute atomic E-state index is 0.142. The molecule has 0 aromatic carbocycles. The summed E-state index contributed by atoms with van der Waals surface area (Å²) in [7, 11) is 3.84. The van der Waals surface area contributed by atoms with Gasteiger partial charge in [-0.1, -0.05) is 11.2 Å². The van der Waals surface area contributed by atoms with Crippen molar-refractivity contribution >= 4 is 23.6 Å². The average Bonchev–Trinajstić information content (AvgIpc) is 1.66. The monoisotopic (exact) mass is 2000 g/mol. The molecule has 0 radical (unpaired) electrons. The number of thiophene rings is 1. The number of tetrazole rings is 1. The molecule has 0 saturated heterocycles. The highest BCUT2D eigenvalue weighted by molar-refractivity contribution is 7.13. The Morgan fingerprint density at radius 1 is 0.329 bits per heavy atom. The minimum atomic E-state index is 0.142. The smallest absolute Gasteiger partial charge is 0.373 e. The molecule has 18 rings (SSSR count). The quantitative estimate of drug-likeness (QED) is 0.0499. The molecular formula is C109H124N18O18S. The van der Waals surface area contributed by atoms with Crippen molar-refractivity contribution in [3.8, 4) is 153 Å². The third-order valence-corrected chi connectivity index (χ3v) is 18.8. The lowest BCUT2D eigenvalue weighted by atomic mass is 10.2. The van der Waals surface area contributed by atoms with Crippen molar-refractivity contribution in [2.24, 2.45) is 14.1 Å². The number of aromatic amines is 1. The van der Waals surface area contributed by atoms with Crippen molar-refractivity contribution in [3.63, 3.8) is 0 Å². The Morgan fingerprint density at radius 3 is 0.897 bits per heavy atom. The predicted octanol–water partition coefficient (Wildman–Crippen LogP) is 24.0. The Bertz CT molecular complexity index is 5860. The first-order valence-electron chi connectivity index (χ1n) is 46.6. The molecular weight excluding hydrogens is 1880 g/mol. The summed E-state index contributed by atoms with van der Waals surface area (Å²) in [5.41, 5.74) is 13.5. The van der Waals surface area contributed by atoms with E-state index in [-0.39, 0.29) is 67.2 Å². The number of H-pyrrole nitrogens is 1. The summed E-state index contributed by atoms with van der Waals surface area (Å²) in [4.78, 5) is 72.3. The summed E-state index contributed by atoms with van der Waals surface area (Å²) in [5, 5.41) is 27.8. The van der Waals surface area contributed by atoms with Crippen molar-refractivity contribution in [1.29, 1.82) is 0 Å². The van der Waals surface area contributed by atoms with Gasteiger partial charge in [0.25, 0.3) is 0 Å². The van der Waals surface area contributed by atoms with Gasteiger partial charge in [0.1, 0.15) is 86.5 Å². The molecule has 0 spiro atoms. The molecule has 1 N–H and O–H groups in total. The van der Waals surface area contributed by atoms with Crippen molar-refractivity contribution in [3.05, 3.63) is 292 Å². The number of rotatable bonds is 27. The van der Waals surface area contributed by atoms with Gasteiger partial charge in [0, 0.05) is 19.7 Å². The number of nitrogens with one attached hydrogen (secondary N) is 1. The van der Waals surface area contributed by atoms with Crippen molar-refractivity contribution in [2.75, 3.05) is 0 Å². The van der Waals surface area contributed by atoms with E-state index >= 15 is 0 Å². The average molecular weight is 2010 g/mol. The van der Waals surface area contributed by atoms with E-state index in [0.29, 0.717) is 11.5 Å². The van der Waals surface area contributed by atoms with Crippen LogP contribution in [0.15, 0.2) is 297 Å². The lowest BCUT2D eigenvalue weighted by Crippen LogP contribution is -2.05. The molecule has 18 aromatic heterocycles. The molecule has 36 nitrogen and oxygen atoms in total. The maximum atomic E-state index is 8.12. The van der Waals surface area contributed by atoms with Gasteiger partial charge in [0.05, 0.1) is 204 Å². The van der Waals surface area contributed by atoms with Crippen molar-refractivity contribution in [2.45, 2.75) is 200 Å². The van der Waals surface area contributed by atoms with Crippen LogP contribution in [0.3, 0.4) is 0 Å². The standard InChI is InChI=1S/2C13H17N3O.C13H15NO2.3C12H13NO2.C12H13NOS.C11H12N2O2.C9H11N5O.2CO2/c2*1-9(2)17-11-5-6-12(14-8-11)13-7-10(3)15-16(13)4;1-9(2)15-11-5-6-12(14-8-11)13-7-4-10(3)16-13;1-9(2)15-11-3-4-12(13-7-11)10-5-6-14-8-10;2*1-9(2)15-10-5-6-11(13-8-10)12-4-3-7-14-12;1-9(2)14-10-5-6-11(13-8-10)12-4-3-7-15-12;1-8(2)15-10-3-4-11(12-6-10)9-5-13-14-7-9;1-6(2)15-7-3-4-8(10-5-7)9-11-13-14-12-9;2*2-1-3/h2*5-9H,1-4H3;4-9H,1-3H3;4*3-9H,1-2H3;3-8H,1-2H3;3-6H,1-2H3,(H,11,12,13,14);;. The van der Waals surface area contributed by atoms with E-state index in [2.05, 4.69) is 92.3 Å². The third kappa shape index (κ3) is 41.6. The number of aryl methyl sites for hydroxylation is 5. The number of ether oxygens (including phenoxy) is 9. The first-order valence-corrected chi connectivity index (χ1v) is 47.5. The molecule has 37 heteroatoms. The van der Waals surface area contributed by atoms with Crippen LogP contribution >= 0.6 is 11.3 Å². The Labute approximate surface area is 852 Å². The van der Waals surface area contributed by atoms with Crippen LogP contribution in [-0.2, 0) is 33.3 Å². The second-order valence-corrected chi connectivity index (χ2v) is 34.6. The molecule has 0 aliphatic carbocycles. The van der Waals surface area contributed by atoms with Crippen LogP contribution in [0.1, 0.15) is 142 Å². The molecule has 0 aliphatic rings. The fourth-order valence-corrected chi connectivity index (χ4v) is 13.1. The molecule has 0 saturated carbocycles. The van der Waals surface area contributed by atoms with Gasteiger partial charge in [-0.25, -0.2) is 19.9 Å². The summed E-state index contributed by atoms with van der Waals surface area (Å²) < 4.78 is 79.0. The van der Waals surface area contributed by atoms with Gasteiger partial charge in [0.2, 0.25) is 5.82 Å². The molecule has 0 aliphatic heterocycles. The summed E-state index contributed by atoms with van der Waals surface area (Å²) in [6.07, 6.45) is 27.2. The van der Waals surface area contributed by atoms with Crippen LogP contribution in [0.25, 0.3) is 102 Å². The van der Waals surface area contributed by atoms with Gasteiger partial charge >= 0.3 is 12.3 Å². The lowest BCUT2D eigenvalue weighted by molar-refractivity contribution is -0.193. The summed E-state index contributed by atoms with van der Waals surface area (Å²) in [6, 6.07) is 55.6. The van der Waals surface area contributed by atoms with E-state index in [0.717, 1.165) is 154 Å². The van der Waals surface area contributed by atoms with Gasteiger partial charge in [-0.2, -0.15) is 34.6 Å². The highest BCUT2D eigenvalue weighted by Crippen LogP contribution is 2.30. The maximum Gasteiger partial charge on any atom is 0.373 e. The van der Waals surface area contributed by atoms with Gasteiger partial charge in [0.15, 0.2) is 17.3 Å². The van der Waals surface area contributed by atoms with Gasteiger partial charge in [-0.05, 0) is 326 Å². The Morgan fingerprint density at radius 2 is 0.651 bits per heavy atom. The first kappa shape index (κ1) is 114. The number of furan rings is 4. The number of nitrogens with zero attached hydrogens (tertiary/aromatic N) is 17. The van der Waals surface area contributed by atoms with Crippen LogP contribution in [0.2, 0.25) is 0 Å². The van der Waals surface area contributed by atoms with Gasteiger partial charge < -0.3 is 64.8 Å². The zero-order valence-electron chi connectivity index (χ0n) is 86.0. The molecule has 146 heavy (non-hydrogen) atoms. The second kappa shape index (κ2) is 60.8. The fraction of sp³-hybridized carbons (Fsp3) is 0.294. The summed E-state index contributed by atoms with van der Waals surface area (Å²) in [5.74, 6) is 10.7. The number of carbonyl (C=O) groups excluding carboxylic acids is 4. The highest BCUT2D eigenvalue weighted by atomic mass is 32.1. The molecule has 0 bridgehead atoms. The van der Waals surface area contributed by atoms with E-state index < -0.39 is 0 Å². The molecule has 18 heterocycles. The number of hydrogen-bond acceptors (Lipinski definition) is 34. The topological polar surface area (TPSA) is 436 Å². The SMILES string of the molecule is CC(C)Oc1ccc(-c2ccco2)nc1.CC(C)Oc1ccc(-c2ccco2)nc1.CC(C)Oc1ccc(-c2cccs2)nc1.CC(C)Oc1ccc(-c2ccoc2)nc1.CC(C)Oc1ccc(-c2cnoc2)nc1.CC(C)Oc1ccc(-c2nn[nH]n2)nc1.Cc1cc(-c2ccc(OC(C)C)cn2)n(C)n1.Cc1cc(-c2ccc(OC(C)C)cn2)n(C)n1.Cc1ccc(-c2ccc(OC(C)C)cn2)o1.O=C=O.O=C=O. The Kier molecular flexibility index (Phi) is 47.6. The fourth-order valence-electron chi connectivity index (χ4n) is 12.4. The molecule has 18 aromatic rings. The minimum Gasteiger partial charge on any atom is -0.489 e. The van der Waals surface area contributed by atoms with Crippen LogP contribution in [0.4, 0.5) is 0 Å². The molecule has 0 atom stereocenters. The van der Waals surface area contributed by atoms with E-state index in [1.165, 1.54) is 4.88 Å². The zero-order chi connectivity index (χ0) is 106.